The molecule has 0 unspecified atom stereocenters. The van der Waals surface area contributed by atoms with Crippen LogP contribution in [0.3, 0.4) is 0 Å². The summed E-state index contributed by atoms with van der Waals surface area (Å²) >= 11 is 5.69. The van der Waals surface area contributed by atoms with Gasteiger partial charge in [0.05, 0.1) is 6.61 Å². The van der Waals surface area contributed by atoms with Crippen LogP contribution < -0.4 is 4.74 Å². The number of benzene rings is 1. The molecule has 0 radical (unpaired) electrons. The van der Waals surface area contributed by atoms with Gasteiger partial charge in [-0.1, -0.05) is 29.8 Å². The number of halogens is 1. The molecule has 0 aliphatic heterocycles. The van der Waals surface area contributed by atoms with E-state index < -0.39 is 0 Å². The van der Waals surface area contributed by atoms with Crippen molar-refractivity contribution in [2.45, 2.75) is 13.2 Å². The van der Waals surface area contributed by atoms with Gasteiger partial charge in [0, 0.05) is 11.8 Å². The highest BCUT2D eigenvalue weighted by Gasteiger charge is 1.98. The van der Waals surface area contributed by atoms with Crippen LogP contribution in [0.2, 0.25) is 5.15 Å². The van der Waals surface area contributed by atoms with Crippen molar-refractivity contribution in [1.82, 2.24) is 4.98 Å². The highest BCUT2D eigenvalue weighted by Crippen LogP contribution is 2.15. The SMILES string of the molecule is OCc1cccc(OCc2ccc(Cl)nc2)c1. The van der Waals surface area contributed by atoms with Gasteiger partial charge < -0.3 is 9.84 Å². The number of pyridine rings is 1. The summed E-state index contributed by atoms with van der Waals surface area (Å²) < 4.78 is 5.58. The molecule has 0 fully saturated rings. The van der Waals surface area contributed by atoms with Crippen molar-refractivity contribution >= 4 is 11.6 Å². The molecule has 1 heterocycles. The zero-order valence-electron chi connectivity index (χ0n) is 9.14. The summed E-state index contributed by atoms with van der Waals surface area (Å²) in [4.78, 5) is 3.97. The van der Waals surface area contributed by atoms with E-state index >= 15 is 0 Å². The van der Waals surface area contributed by atoms with Crippen molar-refractivity contribution in [3.63, 3.8) is 0 Å². The second-order valence-electron chi connectivity index (χ2n) is 3.58. The van der Waals surface area contributed by atoms with E-state index in [4.69, 9.17) is 21.4 Å². The Morgan fingerprint density at radius 1 is 1.18 bits per heavy atom. The topological polar surface area (TPSA) is 42.4 Å². The fourth-order valence-electron chi connectivity index (χ4n) is 1.39. The number of aliphatic hydroxyl groups excluding tert-OH is 1. The largest absolute Gasteiger partial charge is 0.489 e. The van der Waals surface area contributed by atoms with E-state index in [1.807, 2.05) is 30.3 Å². The number of aliphatic hydroxyl groups is 1. The molecule has 1 aromatic heterocycles. The van der Waals surface area contributed by atoms with E-state index in [-0.39, 0.29) is 6.61 Å². The molecule has 0 saturated heterocycles. The molecule has 0 aliphatic rings. The van der Waals surface area contributed by atoms with Crippen molar-refractivity contribution in [2.75, 3.05) is 0 Å². The van der Waals surface area contributed by atoms with Gasteiger partial charge in [0.2, 0.25) is 0 Å². The quantitative estimate of drug-likeness (QED) is 0.848. The van der Waals surface area contributed by atoms with Crippen LogP contribution in [0.4, 0.5) is 0 Å². The third-order valence-corrected chi connectivity index (χ3v) is 2.50. The second-order valence-corrected chi connectivity index (χ2v) is 3.97. The predicted octanol–water partition coefficient (Wildman–Crippen LogP) is 2.81. The maximum Gasteiger partial charge on any atom is 0.129 e. The van der Waals surface area contributed by atoms with Gasteiger partial charge in [0.15, 0.2) is 0 Å². The Balaban J connectivity index is 1.99. The zero-order valence-corrected chi connectivity index (χ0v) is 9.89. The molecule has 4 heteroatoms. The summed E-state index contributed by atoms with van der Waals surface area (Å²) in [7, 11) is 0. The summed E-state index contributed by atoms with van der Waals surface area (Å²) in [5, 5.41) is 9.47. The molecule has 1 aromatic carbocycles. The zero-order chi connectivity index (χ0) is 12.1. The highest BCUT2D eigenvalue weighted by molar-refractivity contribution is 6.29. The van der Waals surface area contributed by atoms with E-state index in [9.17, 15) is 0 Å². The van der Waals surface area contributed by atoms with Crippen LogP contribution in [0.1, 0.15) is 11.1 Å². The van der Waals surface area contributed by atoms with Crippen LogP contribution in [0.15, 0.2) is 42.6 Å². The molecule has 0 spiro atoms. The molecule has 3 nitrogen and oxygen atoms in total. The summed E-state index contributed by atoms with van der Waals surface area (Å²) in [5.41, 5.74) is 1.78. The van der Waals surface area contributed by atoms with Crippen molar-refractivity contribution in [1.29, 1.82) is 0 Å². The molecule has 0 amide bonds. The Kier molecular flexibility index (Phi) is 3.96. The van der Waals surface area contributed by atoms with Crippen molar-refractivity contribution < 1.29 is 9.84 Å². The number of hydrogen-bond acceptors (Lipinski definition) is 3. The molecule has 2 rings (SSSR count). The Morgan fingerprint density at radius 3 is 2.76 bits per heavy atom. The van der Waals surface area contributed by atoms with E-state index in [0.29, 0.717) is 11.8 Å². The molecule has 0 aliphatic carbocycles. The van der Waals surface area contributed by atoms with Crippen LogP contribution in [0.5, 0.6) is 5.75 Å². The van der Waals surface area contributed by atoms with Gasteiger partial charge in [0.1, 0.15) is 17.5 Å². The van der Waals surface area contributed by atoms with E-state index in [0.717, 1.165) is 16.9 Å². The maximum atomic E-state index is 9.00. The average molecular weight is 250 g/mol. The van der Waals surface area contributed by atoms with Gasteiger partial charge in [-0.15, -0.1) is 0 Å². The summed E-state index contributed by atoms with van der Waals surface area (Å²) in [6.07, 6.45) is 1.68. The lowest BCUT2D eigenvalue weighted by molar-refractivity contribution is 0.278. The Labute approximate surface area is 105 Å². The van der Waals surface area contributed by atoms with E-state index in [2.05, 4.69) is 4.98 Å². The first-order valence-electron chi connectivity index (χ1n) is 5.21. The lowest BCUT2D eigenvalue weighted by Gasteiger charge is -2.07. The summed E-state index contributed by atoms with van der Waals surface area (Å²) in [5.74, 6) is 0.728. The normalized spacial score (nSPS) is 10.2. The molecule has 0 atom stereocenters. The van der Waals surface area contributed by atoms with E-state index in [1.54, 1.807) is 12.3 Å². The van der Waals surface area contributed by atoms with Crippen molar-refractivity contribution in [3.05, 3.63) is 58.9 Å². The monoisotopic (exact) mass is 249 g/mol. The molecule has 0 saturated carbocycles. The fraction of sp³-hybridized carbons (Fsp3) is 0.154. The van der Waals surface area contributed by atoms with Gasteiger partial charge in [0.25, 0.3) is 0 Å². The Morgan fingerprint density at radius 2 is 2.06 bits per heavy atom. The first-order chi connectivity index (χ1) is 8.28. The smallest absolute Gasteiger partial charge is 0.129 e. The summed E-state index contributed by atoms with van der Waals surface area (Å²) in [6, 6.07) is 10.9. The van der Waals surface area contributed by atoms with Gasteiger partial charge in [-0.25, -0.2) is 4.98 Å². The number of nitrogens with zero attached hydrogens (tertiary/aromatic N) is 1. The van der Waals surface area contributed by atoms with Gasteiger partial charge in [-0.05, 0) is 23.8 Å². The van der Waals surface area contributed by atoms with Crippen LogP contribution in [0, 0.1) is 0 Å². The third-order valence-electron chi connectivity index (χ3n) is 2.28. The van der Waals surface area contributed by atoms with Crippen molar-refractivity contribution in [3.8, 4) is 5.75 Å². The van der Waals surface area contributed by atoms with E-state index in [1.165, 1.54) is 0 Å². The average Bonchev–Trinajstić information content (AvgIpc) is 2.38. The number of ether oxygens (including phenoxy) is 1. The molecule has 1 N–H and O–H groups in total. The Bertz CT molecular complexity index is 485. The van der Waals surface area contributed by atoms with Crippen LogP contribution in [-0.2, 0) is 13.2 Å². The van der Waals surface area contributed by atoms with Gasteiger partial charge in [-0.3, -0.25) is 0 Å². The molecule has 2 aromatic rings. The number of hydrogen-bond donors (Lipinski definition) is 1. The lowest BCUT2D eigenvalue weighted by atomic mass is 10.2. The third kappa shape index (κ3) is 3.44. The fourth-order valence-corrected chi connectivity index (χ4v) is 1.50. The molecular weight excluding hydrogens is 238 g/mol. The summed E-state index contributed by atoms with van der Waals surface area (Å²) in [6.45, 7) is 0.443. The molecule has 0 bridgehead atoms. The number of aromatic nitrogens is 1. The first-order valence-corrected chi connectivity index (χ1v) is 5.59. The van der Waals surface area contributed by atoms with Crippen molar-refractivity contribution in [2.24, 2.45) is 0 Å². The second kappa shape index (κ2) is 5.66. The van der Waals surface area contributed by atoms with Crippen LogP contribution in [0.25, 0.3) is 0 Å². The lowest BCUT2D eigenvalue weighted by Crippen LogP contribution is -1.96. The van der Waals surface area contributed by atoms with Crippen LogP contribution >= 0.6 is 11.6 Å². The number of rotatable bonds is 4. The van der Waals surface area contributed by atoms with Crippen LogP contribution in [-0.4, -0.2) is 10.1 Å². The minimum atomic E-state index is 0.0136. The minimum absolute atomic E-state index is 0.0136. The predicted molar refractivity (Wildman–Crippen MR) is 65.9 cm³/mol. The Hall–Kier alpha value is -1.58. The molecule has 88 valence electrons. The van der Waals surface area contributed by atoms with Gasteiger partial charge in [-0.2, -0.15) is 0 Å². The highest BCUT2D eigenvalue weighted by atomic mass is 35.5. The molecular formula is C13H12ClNO2. The maximum absolute atomic E-state index is 9.00. The van der Waals surface area contributed by atoms with Gasteiger partial charge >= 0.3 is 0 Å². The first kappa shape index (κ1) is 11.9. The minimum Gasteiger partial charge on any atom is -0.489 e. The molecule has 17 heavy (non-hydrogen) atoms. The standard InChI is InChI=1S/C13H12ClNO2/c14-13-5-4-11(7-15-13)9-17-12-3-1-2-10(6-12)8-16/h1-7,16H,8-9H2.